The summed E-state index contributed by atoms with van der Waals surface area (Å²) in [7, 11) is 0. The number of furan rings is 1. The van der Waals surface area contributed by atoms with Gasteiger partial charge in [-0.3, -0.25) is 0 Å². The molecule has 0 aliphatic heterocycles. The number of benzene rings is 1. The first kappa shape index (κ1) is 12.9. The van der Waals surface area contributed by atoms with Crippen LogP contribution < -0.4 is 5.73 Å². The van der Waals surface area contributed by atoms with Crippen LogP contribution in [0.5, 0.6) is 0 Å². The van der Waals surface area contributed by atoms with Gasteiger partial charge in [-0.25, -0.2) is 0 Å². The standard InChI is InChI=1S/C15H17N3O2/c1-3-15(16,4-2)14-17-13(18-20-14)12-9-10-7-5-6-8-11(10)19-12/h5-9H,3-4,16H2,1-2H3. The van der Waals surface area contributed by atoms with Gasteiger partial charge in [0.15, 0.2) is 5.76 Å². The average molecular weight is 271 g/mol. The van der Waals surface area contributed by atoms with Crippen LogP contribution in [0.4, 0.5) is 0 Å². The fourth-order valence-corrected chi connectivity index (χ4v) is 2.17. The van der Waals surface area contributed by atoms with Crippen molar-refractivity contribution in [3.8, 4) is 11.6 Å². The van der Waals surface area contributed by atoms with Gasteiger partial charge >= 0.3 is 0 Å². The third kappa shape index (κ3) is 2.00. The van der Waals surface area contributed by atoms with E-state index in [0.717, 1.165) is 23.8 Å². The number of fused-ring (bicyclic) bond motifs is 1. The molecule has 0 amide bonds. The number of aromatic nitrogens is 2. The molecule has 5 nitrogen and oxygen atoms in total. The highest BCUT2D eigenvalue weighted by Crippen LogP contribution is 2.29. The van der Waals surface area contributed by atoms with Crippen molar-refractivity contribution < 1.29 is 8.94 Å². The van der Waals surface area contributed by atoms with E-state index >= 15 is 0 Å². The summed E-state index contributed by atoms with van der Waals surface area (Å²) in [6.07, 6.45) is 1.48. The molecule has 0 unspecified atom stereocenters. The number of nitrogens with two attached hydrogens (primary N) is 1. The van der Waals surface area contributed by atoms with Crippen LogP contribution in [0.2, 0.25) is 0 Å². The molecule has 20 heavy (non-hydrogen) atoms. The Bertz CT molecular complexity index is 692. The summed E-state index contributed by atoms with van der Waals surface area (Å²) in [5.41, 5.74) is 6.49. The van der Waals surface area contributed by atoms with Gasteiger partial charge in [0.1, 0.15) is 5.58 Å². The Morgan fingerprint density at radius 3 is 2.65 bits per heavy atom. The van der Waals surface area contributed by atoms with Gasteiger partial charge in [-0.15, -0.1) is 0 Å². The minimum Gasteiger partial charge on any atom is -0.453 e. The molecule has 3 aromatic rings. The van der Waals surface area contributed by atoms with E-state index in [0.29, 0.717) is 17.5 Å². The second-order valence-electron chi connectivity index (χ2n) is 4.93. The molecule has 0 fully saturated rings. The largest absolute Gasteiger partial charge is 0.453 e. The summed E-state index contributed by atoms with van der Waals surface area (Å²) in [5, 5.41) is 5.00. The van der Waals surface area contributed by atoms with E-state index < -0.39 is 5.54 Å². The molecule has 1 aromatic carbocycles. The van der Waals surface area contributed by atoms with Crippen LogP contribution in [0, 0.1) is 0 Å². The minimum absolute atomic E-state index is 0.438. The van der Waals surface area contributed by atoms with Crippen LogP contribution >= 0.6 is 0 Å². The van der Waals surface area contributed by atoms with Crippen molar-refractivity contribution in [2.45, 2.75) is 32.2 Å². The zero-order valence-electron chi connectivity index (χ0n) is 11.6. The molecule has 0 spiro atoms. The van der Waals surface area contributed by atoms with E-state index in [2.05, 4.69) is 10.1 Å². The van der Waals surface area contributed by atoms with Gasteiger partial charge in [0.05, 0.1) is 5.54 Å². The zero-order chi connectivity index (χ0) is 14.2. The van der Waals surface area contributed by atoms with Crippen LogP contribution in [0.25, 0.3) is 22.6 Å². The predicted octanol–water partition coefficient (Wildman–Crippen LogP) is 3.46. The van der Waals surface area contributed by atoms with Crippen LogP contribution in [0.1, 0.15) is 32.6 Å². The quantitative estimate of drug-likeness (QED) is 0.786. The predicted molar refractivity (Wildman–Crippen MR) is 76.0 cm³/mol. The fraction of sp³-hybridized carbons (Fsp3) is 0.333. The fourth-order valence-electron chi connectivity index (χ4n) is 2.17. The van der Waals surface area contributed by atoms with Crippen molar-refractivity contribution in [1.82, 2.24) is 10.1 Å². The summed E-state index contributed by atoms with van der Waals surface area (Å²) in [4.78, 5) is 4.39. The second-order valence-corrected chi connectivity index (χ2v) is 4.93. The lowest BCUT2D eigenvalue weighted by molar-refractivity contribution is 0.268. The lowest BCUT2D eigenvalue weighted by Gasteiger charge is -2.20. The first-order valence-corrected chi connectivity index (χ1v) is 6.78. The molecule has 0 bridgehead atoms. The molecular weight excluding hydrogens is 254 g/mol. The van der Waals surface area contributed by atoms with Crippen LogP contribution in [-0.4, -0.2) is 10.1 Å². The maximum absolute atomic E-state index is 6.26. The van der Waals surface area contributed by atoms with Crippen LogP contribution in [0.15, 0.2) is 39.3 Å². The smallest absolute Gasteiger partial charge is 0.247 e. The Labute approximate surface area is 116 Å². The van der Waals surface area contributed by atoms with E-state index in [1.165, 1.54) is 0 Å². The molecule has 2 N–H and O–H groups in total. The Morgan fingerprint density at radius 2 is 1.95 bits per heavy atom. The number of nitrogens with zero attached hydrogens (tertiary/aromatic N) is 2. The number of para-hydroxylation sites is 1. The molecule has 0 aliphatic rings. The van der Waals surface area contributed by atoms with E-state index in [1.54, 1.807) is 0 Å². The summed E-state index contributed by atoms with van der Waals surface area (Å²) < 4.78 is 11.0. The minimum atomic E-state index is -0.572. The van der Waals surface area contributed by atoms with Crippen molar-refractivity contribution in [2.75, 3.05) is 0 Å². The topological polar surface area (TPSA) is 78.1 Å². The Morgan fingerprint density at radius 1 is 1.20 bits per heavy atom. The van der Waals surface area contributed by atoms with E-state index in [4.69, 9.17) is 14.7 Å². The highest BCUT2D eigenvalue weighted by Gasteiger charge is 2.30. The number of hydrogen-bond donors (Lipinski definition) is 1. The van der Waals surface area contributed by atoms with Gasteiger partial charge in [-0.1, -0.05) is 37.2 Å². The molecule has 0 atom stereocenters. The first-order chi connectivity index (χ1) is 9.66. The Kier molecular flexibility index (Phi) is 3.06. The third-order valence-electron chi connectivity index (χ3n) is 3.76. The number of hydrogen-bond acceptors (Lipinski definition) is 5. The van der Waals surface area contributed by atoms with Crippen molar-refractivity contribution >= 4 is 11.0 Å². The Hall–Kier alpha value is -2.14. The molecule has 3 rings (SSSR count). The third-order valence-corrected chi connectivity index (χ3v) is 3.76. The molecule has 2 heterocycles. The molecule has 0 saturated carbocycles. The monoisotopic (exact) mass is 271 g/mol. The van der Waals surface area contributed by atoms with Gasteiger partial charge in [0.2, 0.25) is 11.7 Å². The molecule has 5 heteroatoms. The molecular formula is C15H17N3O2. The second kappa shape index (κ2) is 4.76. The highest BCUT2D eigenvalue weighted by molar-refractivity contribution is 5.81. The van der Waals surface area contributed by atoms with E-state index in [-0.39, 0.29) is 0 Å². The van der Waals surface area contributed by atoms with E-state index in [9.17, 15) is 0 Å². The molecule has 0 aliphatic carbocycles. The van der Waals surface area contributed by atoms with Gasteiger partial charge in [-0.05, 0) is 25.0 Å². The SMILES string of the molecule is CCC(N)(CC)c1nc(-c2cc3ccccc3o2)no1. The average Bonchev–Trinajstić information content (AvgIpc) is 3.12. The zero-order valence-corrected chi connectivity index (χ0v) is 11.6. The van der Waals surface area contributed by atoms with Gasteiger partial charge in [0, 0.05) is 5.39 Å². The lowest BCUT2D eigenvalue weighted by Crippen LogP contribution is -2.35. The van der Waals surface area contributed by atoms with Gasteiger partial charge in [0.25, 0.3) is 0 Å². The maximum atomic E-state index is 6.26. The molecule has 104 valence electrons. The first-order valence-electron chi connectivity index (χ1n) is 6.78. The number of rotatable bonds is 4. The van der Waals surface area contributed by atoms with Crippen molar-refractivity contribution in [3.63, 3.8) is 0 Å². The van der Waals surface area contributed by atoms with Crippen LogP contribution in [0.3, 0.4) is 0 Å². The molecule has 2 aromatic heterocycles. The van der Waals surface area contributed by atoms with Crippen molar-refractivity contribution in [3.05, 3.63) is 36.2 Å². The van der Waals surface area contributed by atoms with Gasteiger partial charge < -0.3 is 14.7 Å². The Balaban J connectivity index is 2.01. The van der Waals surface area contributed by atoms with Crippen molar-refractivity contribution in [1.29, 1.82) is 0 Å². The normalized spacial score (nSPS) is 12.2. The summed E-state index contributed by atoms with van der Waals surface area (Å²) in [6, 6.07) is 9.68. The van der Waals surface area contributed by atoms with Crippen LogP contribution in [-0.2, 0) is 5.54 Å². The van der Waals surface area contributed by atoms with Gasteiger partial charge in [-0.2, -0.15) is 4.98 Å². The lowest BCUT2D eigenvalue weighted by atomic mass is 9.94. The van der Waals surface area contributed by atoms with Crippen molar-refractivity contribution in [2.24, 2.45) is 5.73 Å². The molecule has 0 radical (unpaired) electrons. The summed E-state index contributed by atoms with van der Waals surface area (Å²) in [5.74, 6) is 1.49. The van der Waals surface area contributed by atoms with E-state index in [1.807, 2.05) is 44.2 Å². The highest BCUT2D eigenvalue weighted by atomic mass is 16.5. The maximum Gasteiger partial charge on any atom is 0.247 e. The summed E-state index contributed by atoms with van der Waals surface area (Å²) >= 11 is 0. The molecule has 0 saturated heterocycles. The summed E-state index contributed by atoms with van der Waals surface area (Å²) in [6.45, 7) is 4.02.